The van der Waals surface area contributed by atoms with Crippen LogP contribution in [0.1, 0.15) is 32.0 Å². The van der Waals surface area contributed by atoms with Crippen molar-refractivity contribution >= 4 is 11.9 Å². The van der Waals surface area contributed by atoms with E-state index in [0.29, 0.717) is 25.4 Å². The summed E-state index contributed by atoms with van der Waals surface area (Å²) < 4.78 is 4.85. The molecule has 0 aromatic carbocycles. The quantitative estimate of drug-likeness (QED) is 0.697. The van der Waals surface area contributed by atoms with Gasteiger partial charge in [0.1, 0.15) is 6.04 Å². The Bertz CT molecular complexity index is 403. The molecule has 0 fully saturated rings. The zero-order valence-corrected chi connectivity index (χ0v) is 11.3. The van der Waals surface area contributed by atoms with E-state index in [9.17, 15) is 14.7 Å². The van der Waals surface area contributed by atoms with E-state index in [1.54, 1.807) is 30.2 Å². The highest BCUT2D eigenvalue weighted by atomic mass is 16.5. The van der Waals surface area contributed by atoms with Gasteiger partial charge < -0.3 is 14.8 Å². The Morgan fingerprint density at radius 2 is 2.21 bits per heavy atom. The van der Waals surface area contributed by atoms with Gasteiger partial charge >= 0.3 is 11.9 Å². The van der Waals surface area contributed by atoms with Gasteiger partial charge in [0.2, 0.25) is 0 Å². The maximum atomic E-state index is 11.4. The molecular weight excluding hydrogens is 248 g/mol. The summed E-state index contributed by atoms with van der Waals surface area (Å²) in [6, 6.07) is 2.71. The highest BCUT2D eigenvalue weighted by molar-refractivity contribution is 5.75. The molecule has 1 aromatic rings. The number of carboxylic acids is 1. The molecule has 106 valence electrons. The van der Waals surface area contributed by atoms with Gasteiger partial charge in [0, 0.05) is 18.4 Å². The van der Waals surface area contributed by atoms with Crippen molar-refractivity contribution in [2.24, 2.45) is 0 Å². The lowest BCUT2D eigenvalue weighted by molar-refractivity contribution is -0.147. The van der Waals surface area contributed by atoms with Gasteiger partial charge in [-0.3, -0.25) is 14.5 Å². The van der Waals surface area contributed by atoms with Gasteiger partial charge in [0.25, 0.3) is 0 Å². The molecule has 1 unspecified atom stereocenters. The van der Waals surface area contributed by atoms with Crippen LogP contribution in [0.2, 0.25) is 0 Å². The smallest absolute Gasteiger partial charge is 0.327 e. The summed E-state index contributed by atoms with van der Waals surface area (Å²) >= 11 is 0. The molecule has 2 N–H and O–H groups in total. The Morgan fingerprint density at radius 3 is 2.68 bits per heavy atom. The molecule has 0 amide bonds. The van der Waals surface area contributed by atoms with E-state index in [0.717, 1.165) is 0 Å². The van der Waals surface area contributed by atoms with Crippen molar-refractivity contribution in [1.82, 2.24) is 9.88 Å². The third-order valence-corrected chi connectivity index (χ3v) is 2.83. The molecule has 6 heteroatoms. The molecule has 0 aliphatic carbocycles. The lowest BCUT2D eigenvalue weighted by atomic mass is 10.1. The number of nitrogens with one attached hydrogen (secondary N) is 1. The van der Waals surface area contributed by atoms with E-state index in [2.05, 4.69) is 4.98 Å². The molecule has 0 saturated heterocycles. The first-order valence-electron chi connectivity index (χ1n) is 6.35. The molecule has 0 radical (unpaired) electrons. The molecule has 0 aliphatic rings. The van der Waals surface area contributed by atoms with Crippen molar-refractivity contribution in [2.45, 2.75) is 26.3 Å². The summed E-state index contributed by atoms with van der Waals surface area (Å²) in [5.41, 5.74) is 0.609. The van der Waals surface area contributed by atoms with Crippen molar-refractivity contribution in [3.8, 4) is 0 Å². The number of esters is 1. The lowest BCUT2D eigenvalue weighted by Gasteiger charge is -2.26. The Balaban J connectivity index is 2.70. The fraction of sp³-hybridized carbons (Fsp3) is 0.538. The van der Waals surface area contributed by atoms with Crippen LogP contribution in [0.3, 0.4) is 0 Å². The van der Waals surface area contributed by atoms with Crippen molar-refractivity contribution in [2.75, 3.05) is 19.7 Å². The molecule has 6 nitrogen and oxygen atoms in total. The highest BCUT2D eigenvalue weighted by Crippen LogP contribution is 2.19. The van der Waals surface area contributed by atoms with Gasteiger partial charge in [-0.1, -0.05) is 6.92 Å². The van der Waals surface area contributed by atoms with Gasteiger partial charge in [-0.25, -0.2) is 0 Å². The van der Waals surface area contributed by atoms with Crippen molar-refractivity contribution in [1.29, 1.82) is 0 Å². The summed E-state index contributed by atoms with van der Waals surface area (Å²) in [5, 5.41) is 9.34. The molecule has 1 atom stereocenters. The molecule has 19 heavy (non-hydrogen) atoms. The summed E-state index contributed by atoms with van der Waals surface area (Å²) in [6.45, 7) is 4.84. The van der Waals surface area contributed by atoms with Crippen molar-refractivity contribution in [3.63, 3.8) is 0 Å². The summed E-state index contributed by atoms with van der Waals surface area (Å²) in [6.07, 6.45) is 1.87. The number of carboxylic acid groups (broad SMARTS) is 1. The fourth-order valence-corrected chi connectivity index (χ4v) is 1.94. The molecule has 1 rings (SSSR count). The van der Waals surface area contributed by atoms with Crippen LogP contribution in [0.25, 0.3) is 0 Å². The minimum Gasteiger partial charge on any atom is -0.480 e. The number of hydrogen-bond acceptors (Lipinski definition) is 4. The summed E-state index contributed by atoms with van der Waals surface area (Å²) in [4.78, 5) is 27.4. The van der Waals surface area contributed by atoms with Crippen molar-refractivity contribution < 1.29 is 19.4 Å². The van der Waals surface area contributed by atoms with Crippen LogP contribution < -0.4 is 0 Å². The number of aliphatic carboxylic acids is 1. The minimum absolute atomic E-state index is 0.187. The number of nitrogens with zero attached hydrogens (tertiary/aromatic N) is 1. The number of carbonyl (C=O) groups is 2. The first-order valence-corrected chi connectivity index (χ1v) is 6.35. The predicted molar refractivity (Wildman–Crippen MR) is 69.7 cm³/mol. The zero-order chi connectivity index (χ0) is 14.3. The molecule has 1 aromatic heterocycles. The maximum Gasteiger partial charge on any atom is 0.327 e. The topological polar surface area (TPSA) is 82.6 Å². The molecule has 0 aliphatic heterocycles. The standard InChI is InChI=1S/C13H20N2O4/c1-3-15(9-7-11(16)19-4-2)12(13(17)18)10-6-5-8-14-10/h5-6,8,12,14H,3-4,7,9H2,1-2H3,(H,17,18). The number of aromatic amines is 1. The molecule has 0 spiro atoms. The zero-order valence-electron chi connectivity index (χ0n) is 11.3. The van der Waals surface area contributed by atoms with E-state index < -0.39 is 12.0 Å². The number of carbonyl (C=O) groups excluding carboxylic acids is 1. The largest absolute Gasteiger partial charge is 0.480 e. The average molecular weight is 268 g/mol. The normalized spacial score (nSPS) is 12.4. The van der Waals surface area contributed by atoms with E-state index in [1.165, 1.54) is 0 Å². The van der Waals surface area contributed by atoms with Crippen LogP contribution in [0.5, 0.6) is 0 Å². The van der Waals surface area contributed by atoms with Crippen LogP contribution in [-0.2, 0) is 14.3 Å². The molecule has 0 bridgehead atoms. The number of ether oxygens (including phenoxy) is 1. The Morgan fingerprint density at radius 1 is 1.47 bits per heavy atom. The van der Waals surface area contributed by atoms with Crippen LogP contribution in [-0.4, -0.2) is 46.6 Å². The van der Waals surface area contributed by atoms with Crippen molar-refractivity contribution in [3.05, 3.63) is 24.0 Å². The van der Waals surface area contributed by atoms with E-state index >= 15 is 0 Å². The van der Waals surface area contributed by atoms with Crippen LogP contribution in [0, 0.1) is 0 Å². The molecule has 1 heterocycles. The lowest BCUT2D eigenvalue weighted by Crippen LogP contribution is -2.36. The number of likely N-dealkylation sites (N-methyl/N-ethyl adjacent to an activating group) is 1. The van der Waals surface area contributed by atoms with E-state index in [-0.39, 0.29) is 12.4 Å². The number of aromatic nitrogens is 1. The van der Waals surface area contributed by atoms with Crippen LogP contribution in [0.15, 0.2) is 18.3 Å². The average Bonchev–Trinajstić information content (AvgIpc) is 2.87. The third-order valence-electron chi connectivity index (χ3n) is 2.83. The molecule has 0 saturated carbocycles. The minimum atomic E-state index is -0.937. The number of hydrogen-bond donors (Lipinski definition) is 2. The second-order valence-electron chi connectivity index (χ2n) is 4.05. The van der Waals surface area contributed by atoms with Gasteiger partial charge in [-0.05, 0) is 25.6 Å². The van der Waals surface area contributed by atoms with Crippen LogP contribution in [0.4, 0.5) is 0 Å². The first-order chi connectivity index (χ1) is 9.10. The second kappa shape index (κ2) is 7.58. The van der Waals surface area contributed by atoms with Gasteiger partial charge in [0.15, 0.2) is 0 Å². The monoisotopic (exact) mass is 268 g/mol. The van der Waals surface area contributed by atoms with Gasteiger partial charge in [-0.15, -0.1) is 0 Å². The van der Waals surface area contributed by atoms with Gasteiger partial charge in [-0.2, -0.15) is 0 Å². The Hall–Kier alpha value is -1.82. The molecular formula is C13H20N2O4. The maximum absolute atomic E-state index is 11.4. The number of H-pyrrole nitrogens is 1. The first kappa shape index (κ1) is 15.2. The highest BCUT2D eigenvalue weighted by Gasteiger charge is 2.27. The predicted octanol–water partition coefficient (Wildman–Crippen LogP) is 1.42. The number of rotatable bonds is 8. The third kappa shape index (κ3) is 4.40. The van der Waals surface area contributed by atoms with Gasteiger partial charge in [0.05, 0.1) is 13.0 Å². The Kier molecular flexibility index (Phi) is 6.08. The Labute approximate surface area is 112 Å². The fourth-order valence-electron chi connectivity index (χ4n) is 1.94. The van der Waals surface area contributed by atoms with E-state index in [1.807, 2.05) is 6.92 Å². The second-order valence-corrected chi connectivity index (χ2v) is 4.05. The SMILES string of the molecule is CCOC(=O)CCN(CC)C(C(=O)O)c1ccc[nH]1. The summed E-state index contributed by atoms with van der Waals surface area (Å²) in [7, 11) is 0. The van der Waals surface area contributed by atoms with E-state index in [4.69, 9.17) is 4.74 Å². The van der Waals surface area contributed by atoms with Crippen LogP contribution >= 0.6 is 0 Å². The summed E-state index contributed by atoms with van der Waals surface area (Å²) in [5.74, 6) is -1.25.